The maximum absolute atomic E-state index is 10.4. The Morgan fingerprint density at radius 3 is 2.47 bits per heavy atom. The van der Waals surface area contributed by atoms with E-state index in [9.17, 15) is 10.1 Å². The van der Waals surface area contributed by atoms with Gasteiger partial charge < -0.3 is 5.32 Å². The highest BCUT2D eigenvalue weighted by Crippen LogP contribution is 2.24. The largest absolute Gasteiger partial charge is 0.310 e. The second kappa shape index (κ2) is 5.09. The Kier molecular flexibility index (Phi) is 4.05. The van der Waals surface area contributed by atoms with E-state index in [1.54, 1.807) is 12.1 Å². The van der Waals surface area contributed by atoms with Gasteiger partial charge >= 0.3 is 0 Å². The number of hydrogen-bond acceptors (Lipinski definition) is 3. The fourth-order valence-corrected chi connectivity index (χ4v) is 1.80. The van der Waals surface area contributed by atoms with Crippen LogP contribution in [0.4, 0.5) is 5.69 Å². The average Bonchev–Trinajstić information content (AvgIpc) is 2.71. The minimum Gasteiger partial charge on any atom is -0.310 e. The Bertz CT molecular complexity index is 334. The van der Waals surface area contributed by atoms with Crippen molar-refractivity contribution < 1.29 is 4.92 Å². The Morgan fingerprint density at radius 2 is 2.00 bits per heavy atom. The number of nitrogens with zero attached hydrogens (tertiary/aromatic N) is 1. The van der Waals surface area contributed by atoms with Crippen LogP contribution in [0.3, 0.4) is 0 Å². The molecule has 15 heavy (non-hydrogen) atoms. The van der Waals surface area contributed by atoms with Gasteiger partial charge in [-0.2, -0.15) is 0 Å². The van der Waals surface area contributed by atoms with E-state index in [1.807, 2.05) is 12.1 Å². The van der Waals surface area contributed by atoms with Crippen molar-refractivity contribution in [3.8, 4) is 0 Å². The SMILES string of the molecule is Cl.O=[N+]([O-])c1ccc([C@H]2CCCN2)cc1. The molecular weight excluding hydrogens is 216 g/mol. The highest BCUT2D eigenvalue weighted by molar-refractivity contribution is 5.85. The molecule has 0 aromatic heterocycles. The normalized spacial score (nSPS) is 19.6. The van der Waals surface area contributed by atoms with Crippen LogP contribution in [0, 0.1) is 10.1 Å². The van der Waals surface area contributed by atoms with E-state index in [0.717, 1.165) is 18.5 Å². The second-order valence-electron chi connectivity index (χ2n) is 3.50. The maximum Gasteiger partial charge on any atom is 0.269 e. The van der Waals surface area contributed by atoms with Crippen LogP contribution in [0.15, 0.2) is 24.3 Å². The van der Waals surface area contributed by atoms with Crippen molar-refractivity contribution in [2.75, 3.05) is 6.54 Å². The Hall–Kier alpha value is -1.13. The van der Waals surface area contributed by atoms with Gasteiger partial charge in [-0.1, -0.05) is 12.1 Å². The smallest absolute Gasteiger partial charge is 0.269 e. The average molecular weight is 229 g/mol. The molecule has 1 atom stereocenters. The minimum absolute atomic E-state index is 0. The number of hydrogen-bond donors (Lipinski definition) is 1. The predicted molar refractivity (Wildman–Crippen MR) is 60.3 cm³/mol. The van der Waals surface area contributed by atoms with Crippen LogP contribution in [0.2, 0.25) is 0 Å². The maximum atomic E-state index is 10.4. The first-order valence-corrected chi connectivity index (χ1v) is 4.75. The van der Waals surface area contributed by atoms with Gasteiger partial charge in [0, 0.05) is 18.2 Å². The standard InChI is InChI=1S/C10H12N2O2.ClH/c13-12(14)9-5-3-8(4-6-9)10-2-1-7-11-10;/h3-6,10-11H,1-2,7H2;1H/t10-;/m1./s1. The van der Waals surface area contributed by atoms with Crippen LogP contribution in [0.5, 0.6) is 0 Å². The zero-order chi connectivity index (χ0) is 9.97. The number of rotatable bonds is 2. The topological polar surface area (TPSA) is 55.2 Å². The third-order valence-corrected chi connectivity index (χ3v) is 2.57. The van der Waals surface area contributed by atoms with E-state index in [1.165, 1.54) is 6.42 Å². The van der Waals surface area contributed by atoms with E-state index >= 15 is 0 Å². The third kappa shape index (κ3) is 2.67. The van der Waals surface area contributed by atoms with Gasteiger partial charge in [-0.05, 0) is 24.9 Å². The Balaban J connectivity index is 0.00000112. The molecule has 1 aromatic rings. The quantitative estimate of drug-likeness (QED) is 0.625. The molecule has 5 heteroatoms. The number of nitro groups is 1. The molecule has 82 valence electrons. The van der Waals surface area contributed by atoms with Crippen molar-refractivity contribution in [1.82, 2.24) is 5.32 Å². The summed E-state index contributed by atoms with van der Waals surface area (Å²) in [5, 5.41) is 13.8. The van der Waals surface area contributed by atoms with Crippen LogP contribution in [0.25, 0.3) is 0 Å². The highest BCUT2D eigenvalue weighted by atomic mass is 35.5. The highest BCUT2D eigenvalue weighted by Gasteiger charge is 2.16. The molecule has 0 aliphatic carbocycles. The van der Waals surface area contributed by atoms with Crippen molar-refractivity contribution in [3.05, 3.63) is 39.9 Å². The van der Waals surface area contributed by atoms with Crippen LogP contribution in [0.1, 0.15) is 24.4 Å². The third-order valence-electron chi connectivity index (χ3n) is 2.57. The molecule has 0 saturated carbocycles. The molecule has 1 saturated heterocycles. The summed E-state index contributed by atoms with van der Waals surface area (Å²) in [6, 6.07) is 7.18. The summed E-state index contributed by atoms with van der Waals surface area (Å²) in [6.07, 6.45) is 2.31. The molecule has 1 aromatic carbocycles. The molecule has 2 rings (SSSR count). The predicted octanol–water partition coefficient (Wildman–Crippen LogP) is 2.44. The minimum atomic E-state index is -0.369. The molecule has 1 heterocycles. The van der Waals surface area contributed by atoms with Crippen LogP contribution in [-0.2, 0) is 0 Å². The first-order chi connectivity index (χ1) is 6.77. The molecule has 0 radical (unpaired) electrons. The molecule has 0 amide bonds. The number of non-ortho nitro benzene ring substituents is 1. The Labute approximate surface area is 94.2 Å². The Morgan fingerprint density at radius 1 is 1.33 bits per heavy atom. The van der Waals surface area contributed by atoms with E-state index in [-0.39, 0.29) is 23.0 Å². The molecule has 1 fully saturated rings. The van der Waals surface area contributed by atoms with Crippen LogP contribution >= 0.6 is 12.4 Å². The van der Waals surface area contributed by atoms with Gasteiger partial charge in [-0.15, -0.1) is 12.4 Å². The summed E-state index contributed by atoms with van der Waals surface area (Å²) >= 11 is 0. The lowest BCUT2D eigenvalue weighted by Crippen LogP contribution is -2.12. The van der Waals surface area contributed by atoms with Crippen molar-refractivity contribution in [2.24, 2.45) is 0 Å². The number of benzene rings is 1. The van der Waals surface area contributed by atoms with E-state index in [0.29, 0.717) is 6.04 Å². The lowest BCUT2D eigenvalue weighted by Gasteiger charge is -2.09. The summed E-state index contributed by atoms with van der Waals surface area (Å²) in [7, 11) is 0. The van der Waals surface area contributed by atoms with Gasteiger partial charge in [0.2, 0.25) is 0 Å². The number of halogens is 1. The lowest BCUT2D eigenvalue weighted by molar-refractivity contribution is -0.384. The first kappa shape index (κ1) is 11.9. The van der Waals surface area contributed by atoms with Crippen molar-refractivity contribution in [2.45, 2.75) is 18.9 Å². The monoisotopic (exact) mass is 228 g/mol. The molecule has 0 unspecified atom stereocenters. The summed E-state index contributed by atoms with van der Waals surface area (Å²) in [5.41, 5.74) is 1.31. The molecule has 0 bridgehead atoms. The number of nitrogens with one attached hydrogen (secondary N) is 1. The summed E-state index contributed by atoms with van der Waals surface area (Å²) < 4.78 is 0. The zero-order valence-corrected chi connectivity index (χ0v) is 9.00. The first-order valence-electron chi connectivity index (χ1n) is 4.75. The molecular formula is C10H13ClN2O2. The van der Waals surface area contributed by atoms with Crippen LogP contribution in [-0.4, -0.2) is 11.5 Å². The van der Waals surface area contributed by atoms with Gasteiger partial charge in [-0.25, -0.2) is 0 Å². The fourth-order valence-electron chi connectivity index (χ4n) is 1.80. The van der Waals surface area contributed by atoms with Gasteiger partial charge in [0.15, 0.2) is 0 Å². The van der Waals surface area contributed by atoms with Gasteiger partial charge in [0.1, 0.15) is 0 Å². The van der Waals surface area contributed by atoms with E-state index in [4.69, 9.17) is 0 Å². The van der Waals surface area contributed by atoms with E-state index in [2.05, 4.69) is 5.32 Å². The summed E-state index contributed by atoms with van der Waals surface area (Å²) in [5.74, 6) is 0. The molecule has 1 aliphatic heterocycles. The zero-order valence-electron chi connectivity index (χ0n) is 8.18. The van der Waals surface area contributed by atoms with Gasteiger partial charge in [0.25, 0.3) is 5.69 Å². The summed E-state index contributed by atoms with van der Waals surface area (Å²) in [6.45, 7) is 1.04. The van der Waals surface area contributed by atoms with Gasteiger partial charge in [0.05, 0.1) is 4.92 Å². The van der Waals surface area contributed by atoms with Crippen molar-refractivity contribution in [3.63, 3.8) is 0 Å². The lowest BCUT2D eigenvalue weighted by atomic mass is 10.1. The summed E-state index contributed by atoms with van der Waals surface area (Å²) in [4.78, 5) is 10.1. The second-order valence-corrected chi connectivity index (χ2v) is 3.50. The molecule has 4 nitrogen and oxygen atoms in total. The van der Waals surface area contributed by atoms with Gasteiger partial charge in [-0.3, -0.25) is 10.1 Å². The van der Waals surface area contributed by atoms with E-state index < -0.39 is 0 Å². The molecule has 1 N–H and O–H groups in total. The van der Waals surface area contributed by atoms with Crippen LogP contribution < -0.4 is 5.32 Å². The molecule has 1 aliphatic rings. The van der Waals surface area contributed by atoms with Crippen molar-refractivity contribution in [1.29, 1.82) is 0 Å². The fraction of sp³-hybridized carbons (Fsp3) is 0.400. The van der Waals surface area contributed by atoms with Crippen molar-refractivity contribution >= 4 is 18.1 Å². The number of nitro benzene ring substituents is 1. The molecule has 0 spiro atoms.